The molecule has 1 atom stereocenters. The first kappa shape index (κ1) is 13.2. The number of carboxylic acids is 1. The molecule has 0 saturated heterocycles. The molecule has 1 aromatic carbocycles. The Kier molecular flexibility index (Phi) is 4.10. The number of nitrogens with two attached hydrogens (primary N) is 1. The quantitative estimate of drug-likeness (QED) is 0.894. The van der Waals surface area contributed by atoms with Crippen LogP contribution >= 0.6 is 15.9 Å². The number of hydrogen-bond donors (Lipinski definition) is 2. The number of carbonyl (C=O) groups is 1. The summed E-state index contributed by atoms with van der Waals surface area (Å²) in [7, 11) is 0. The summed E-state index contributed by atoms with van der Waals surface area (Å²) in [5, 5.41) is 9.02. The van der Waals surface area contributed by atoms with Crippen LogP contribution in [-0.4, -0.2) is 11.1 Å². The lowest BCUT2D eigenvalue weighted by Crippen LogP contribution is -2.28. The SMILES string of the molecule is CC(C)(CC(N)c1ccc(Br)cc1)C(=O)O. The zero-order chi connectivity index (χ0) is 12.3. The maximum absolute atomic E-state index is 11.0. The van der Waals surface area contributed by atoms with Gasteiger partial charge in [0, 0.05) is 10.5 Å². The Balaban J connectivity index is 2.76. The van der Waals surface area contributed by atoms with Crippen LogP contribution in [-0.2, 0) is 4.79 Å². The van der Waals surface area contributed by atoms with Crippen LogP contribution in [0.4, 0.5) is 0 Å². The van der Waals surface area contributed by atoms with Crippen LogP contribution in [0.15, 0.2) is 28.7 Å². The van der Waals surface area contributed by atoms with Crippen LogP contribution < -0.4 is 5.73 Å². The first-order chi connectivity index (χ1) is 7.33. The molecule has 3 nitrogen and oxygen atoms in total. The lowest BCUT2D eigenvalue weighted by Gasteiger charge is -2.23. The van der Waals surface area contributed by atoms with Crippen LogP contribution in [0.2, 0.25) is 0 Å². The van der Waals surface area contributed by atoms with Gasteiger partial charge in [0.15, 0.2) is 0 Å². The summed E-state index contributed by atoms with van der Waals surface area (Å²) in [5.74, 6) is -0.819. The van der Waals surface area contributed by atoms with E-state index in [1.807, 2.05) is 24.3 Å². The van der Waals surface area contributed by atoms with Gasteiger partial charge in [-0.1, -0.05) is 28.1 Å². The van der Waals surface area contributed by atoms with Crippen molar-refractivity contribution in [2.75, 3.05) is 0 Å². The van der Waals surface area contributed by atoms with Gasteiger partial charge in [0.1, 0.15) is 0 Å². The molecule has 0 bridgehead atoms. The van der Waals surface area contributed by atoms with Gasteiger partial charge in [0.2, 0.25) is 0 Å². The van der Waals surface area contributed by atoms with E-state index in [9.17, 15) is 4.79 Å². The minimum atomic E-state index is -0.819. The normalized spacial score (nSPS) is 13.5. The maximum atomic E-state index is 11.0. The molecule has 0 spiro atoms. The molecular weight excluding hydrogens is 270 g/mol. The lowest BCUT2D eigenvalue weighted by atomic mass is 9.84. The van der Waals surface area contributed by atoms with Gasteiger partial charge in [-0.15, -0.1) is 0 Å². The molecule has 0 radical (unpaired) electrons. The van der Waals surface area contributed by atoms with Gasteiger partial charge in [-0.2, -0.15) is 0 Å². The van der Waals surface area contributed by atoms with E-state index in [1.54, 1.807) is 13.8 Å². The summed E-state index contributed by atoms with van der Waals surface area (Å²) >= 11 is 3.34. The molecule has 1 aromatic rings. The molecule has 0 fully saturated rings. The molecule has 0 heterocycles. The van der Waals surface area contributed by atoms with Crippen LogP contribution in [0, 0.1) is 5.41 Å². The lowest BCUT2D eigenvalue weighted by molar-refractivity contribution is -0.147. The first-order valence-electron chi connectivity index (χ1n) is 5.07. The summed E-state index contributed by atoms with van der Waals surface area (Å²) in [5.41, 5.74) is 6.15. The molecule has 0 aliphatic rings. The molecule has 0 aliphatic heterocycles. The third kappa shape index (κ3) is 3.32. The van der Waals surface area contributed by atoms with E-state index in [1.165, 1.54) is 0 Å². The molecule has 88 valence electrons. The molecule has 0 saturated carbocycles. The van der Waals surface area contributed by atoms with Crippen LogP contribution in [0.25, 0.3) is 0 Å². The summed E-state index contributed by atoms with van der Waals surface area (Å²) in [4.78, 5) is 11.0. The minimum Gasteiger partial charge on any atom is -0.481 e. The molecule has 1 unspecified atom stereocenters. The van der Waals surface area contributed by atoms with Crippen molar-refractivity contribution in [3.8, 4) is 0 Å². The van der Waals surface area contributed by atoms with Gasteiger partial charge in [-0.3, -0.25) is 4.79 Å². The van der Waals surface area contributed by atoms with Crippen LogP contribution in [0.5, 0.6) is 0 Å². The van der Waals surface area contributed by atoms with Crippen molar-refractivity contribution in [2.45, 2.75) is 26.3 Å². The fourth-order valence-corrected chi connectivity index (χ4v) is 1.73. The molecule has 0 amide bonds. The third-order valence-electron chi connectivity index (χ3n) is 2.61. The third-order valence-corrected chi connectivity index (χ3v) is 3.14. The molecule has 1 rings (SSSR count). The largest absolute Gasteiger partial charge is 0.481 e. The highest BCUT2D eigenvalue weighted by molar-refractivity contribution is 9.10. The second kappa shape index (κ2) is 4.97. The van der Waals surface area contributed by atoms with Gasteiger partial charge >= 0.3 is 5.97 Å². The number of carboxylic acid groups (broad SMARTS) is 1. The number of hydrogen-bond acceptors (Lipinski definition) is 2. The Morgan fingerprint density at radius 2 is 1.94 bits per heavy atom. The Morgan fingerprint density at radius 3 is 2.38 bits per heavy atom. The Morgan fingerprint density at radius 1 is 1.44 bits per heavy atom. The highest BCUT2D eigenvalue weighted by atomic mass is 79.9. The van der Waals surface area contributed by atoms with Gasteiger partial charge in [0.25, 0.3) is 0 Å². The van der Waals surface area contributed by atoms with E-state index in [0.717, 1.165) is 10.0 Å². The smallest absolute Gasteiger partial charge is 0.309 e. The average Bonchev–Trinajstić information content (AvgIpc) is 2.17. The zero-order valence-electron chi connectivity index (χ0n) is 9.40. The van der Waals surface area contributed by atoms with Crippen molar-refractivity contribution in [3.05, 3.63) is 34.3 Å². The summed E-state index contributed by atoms with van der Waals surface area (Å²) < 4.78 is 0.987. The van der Waals surface area contributed by atoms with Gasteiger partial charge in [0.05, 0.1) is 5.41 Å². The molecule has 16 heavy (non-hydrogen) atoms. The highest BCUT2D eigenvalue weighted by Gasteiger charge is 2.29. The van der Waals surface area contributed by atoms with Crippen LogP contribution in [0.3, 0.4) is 0 Å². The van der Waals surface area contributed by atoms with Crippen molar-refractivity contribution in [2.24, 2.45) is 11.1 Å². The van der Waals surface area contributed by atoms with E-state index in [-0.39, 0.29) is 6.04 Å². The van der Waals surface area contributed by atoms with Crippen molar-refractivity contribution in [1.82, 2.24) is 0 Å². The van der Waals surface area contributed by atoms with E-state index < -0.39 is 11.4 Å². The second-order valence-corrected chi connectivity index (χ2v) is 5.47. The number of rotatable bonds is 4. The zero-order valence-corrected chi connectivity index (χ0v) is 11.0. The fourth-order valence-electron chi connectivity index (χ4n) is 1.46. The predicted octanol–water partition coefficient (Wildman–Crippen LogP) is 2.95. The van der Waals surface area contributed by atoms with Crippen molar-refractivity contribution in [3.63, 3.8) is 0 Å². The fraction of sp³-hybridized carbons (Fsp3) is 0.417. The van der Waals surface area contributed by atoms with E-state index >= 15 is 0 Å². The summed E-state index contributed by atoms with van der Waals surface area (Å²) in [6, 6.07) is 7.38. The van der Waals surface area contributed by atoms with E-state index in [4.69, 9.17) is 10.8 Å². The van der Waals surface area contributed by atoms with E-state index in [0.29, 0.717) is 6.42 Å². The van der Waals surface area contributed by atoms with Crippen LogP contribution in [0.1, 0.15) is 31.9 Å². The number of aliphatic carboxylic acids is 1. The molecular formula is C12H16BrNO2. The van der Waals surface area contributed by atoms with Crippen molar-refractivity contribution >= 4 is 21.9 Å². The topological polar surface area (TPSA) is 63.3 Å². The molecule has 0 aliphatic carbocycles. The summed E-state index contributed by atoms with van der Waals surface area (Å²) in [6.07, 6.45) is 0.421. The Hall–Kier alpha value is -0.870. The molecule has 0 aromatic heterocycles. The van der Waals surface area contributed by atoms with E-state index in [2.05, 4.69) is 15.9 Å². The highest BCUT2D eigenvalue weighted by Crippen LogP contribution is 2.29. The number of benzene rings is 1. The second-order valence-electron chi connectivity index (χ2n) is 4.55. The average molecular weight is 286 g/mol. The summed E-state index contributed by atoms with van der Waals surface area (Å²) in [6.45, 7) is 3.38. The Bertz CT molecular complexity index is 373. The van der Waals surface area contributed by atoms with Crippen molar-refractivity contribution in [1.29, 1.82) is 0 Å². The minimum absolute atomic E-state index is 0.251. The van der Waals surface area contributed by atoms with Crippen molar-refractivity contribution < 1.29 is 9.90 Å². The standard InChI is InChI=1S/C12H16BrNO2/c1-12(2,11(15)16)7-10(14)8-3-5-9(13)6-4-8/h3-6,10H,7,14H2,1-2H3,(H,15,16). The molecule has 3 N–H and O–H groups in total. The van der Waals surface area contributed by atoms with Gasteiger partial charge in [-0.05, 0) is 38.0 Å². The molecule has 4 heteroatoms. The predicted molar refractivity (Wildman–Crippen MR) is 67.1 cm³/mol. The van der Waals surface area contributed by atoms with Gasteiger partial charge < -0.3 is 10.8 Å². The maximum Gasteiger partial charge on any atom is 0.309 e. The van der Waals surface area contributed by atoms with Gasteiger partial charge in [-0.25, -0.2) is 0 Å². The Labute approximate surface area is 104 Å². The number of halogens is 1. The first-order valence-corrected chi connectivity index (χ1v) is 5.86. The monoisotopic (exact) mass is 285 g/mol.